The minimum absolute atomic E-state index is 0.248. The van der Waals surface area contributed by atoms with Crippen LogP contribution >= 0.6 is 11.3 Å². The number of fused-ring (bicyclic) bond motifs is 11. The summed E-state index contributed by atoms with van der Waals surface area (Å²) in [4.78, 5) is 5.03. The molecular weight excluding hydrogens is 637 g/mol. The van der Waals surface area contributed by atoms with Crippen LogP contribution in [0, 0.1) is 0 Å². The predicted octanol–water partition coefficient (Wildman–Crippen LogP) is 14.1. The number of thiophene rings is 1. The molecule has 1 aromatic heterocycles. The zero-order valence-electron chi connectivity index (χ0n) is 27.8. The summed E-state index contributed by atoms with van der Waals surface area (Å²) in [7, 11) is 0. The van der Waals surface area contributed by atoms with Gasteiger partial charge in [0.2, 0.25) is 0 Å². The molecule has 0 saturated heterocycles. The molecule has 240 valence electrons. The molecule has 8 aromatic carbocycles. The molecule has 11 rings (SSSR count). The smallest absolute Gasteiger partial charge is 0.0554 e. The molecule has 3 heteroatoms. The summed E-state index contributed by atoms with van der Waals surface area (Å²) in [6.07, 6.45) is 7.83. The summed E-state index contributed by atoms with van der Waals surface area (Å²) in [5.74, 6) is 0.248. The van der Waals surface area contributed by atoms with Crippen molar-refractivity contribution in [3.8, 4) is 0 Å². The van der Waals surface area contributed by atoms with Crippen LogP contribution in [0.1, 0.15) is 17.9 Å². The molecule has 1 unspecified atom stereocenters. The summed E-state index contributed by atoms with van der Waals surface area (Å²) in [6.45, 7) is 0. The quantitative estimate of drug-likeness (QED) is 0.172. The third-order valence-corrected chi connectivity index (χ3v) is 12.0. The van der Waals surface area contributed by atoms with Gasteiger partial charge in [-0.1, -0.05) is 115 Å². The highest BCUT2D eigenvalue weighted by atomic mass is 32.1. The molecule has 1 atom stereocenters. The Labute approximate surface area is 300 Å². The van der Waals surface area contributed by atoms with Gasteiger partial charge in [-0.25, -0.2) is 0 Å². The van der Waals surface area contributed by atoms with Crippen LogP contribution in [-0.2, 0) is 0 Å². The monoisotopic (exact) mass is 668 g/mol. The van der Waals surface area contributed by atoms with E-state index in [-0.39, 0.29) is 5.92 Å². The van der Waals surface area contributed by atoms with Crippen molar-refractivity contribution >= 4 is 92.3 Å². The van der Waals surface area contributed by atoms with E-state index in [0.717, 1.165) is 12.1 Å². The van der Waals surface area contributed by atoms with E-state index in [9.17, 15) is 0 Å². The maximum Gasteiger partial charge on any atom is 0.0554 e. The lowest BCUT2D eigenvalue weighted by molar-refractivity contribution is 0.819. The minimum Gasteiger partial charge on any atom is -0.313 e. The van der Waals surface area contributed by atoms with E-state index in [4.69, 9.17) is 0 Å². The highest BCUT2D eigenvalue weighted by Crippen LogP contribution is 2.56. The van der Waals surface area contributed by atoms with Crippen molar-refractivity contribution in [2.45, 2.75) is 12.3 Å². The van der Waals surface area contributed by atoms with Crippen molar-refractivity contribution < 1.29 is 0 Å². The molecule has 0 fully saturated rings. The number of rotatable bonds is 4. The SMILES string of the molecule is C1=CCC2C(=C1)N(c1ccccc1)c1cccc(N(c3ccc4c(ccc5ccc6ccccc6c54)c3)c3cccc4sc5ccccc5c34)c12. The second kappa shape index (κ2) is 11.2. The van der Waals surface area contributed by atoms with Gasteiger partial charge in [-0.2, -0.15) is 0 Å². The number of anilines is 5. The molecule has 1 aliphatic carbocycles. The maximum absolute atomic E-state index is 2.55. The molecule has 51 heavy (non-hydrogen) atoms. The Balaban J connectivity index is 1.21. The van der Waals surface area contributed by atoms with E-state index < -0.39 is 0 Å². The molecular formula is C48H32N2S. The standard InChI is InChI=1S/C48H32N2S/c1-2-13-34(14-3-1)49-40-18-8-6-16-38(40)47-41(49)19-10-20-42(47)50(43-21-11-23-45-48(43)39-17-7-9-22-44(39)51-45)35-28-29-37-33(30-35)27-26-32-25-24-31-12-4-5-15-36(31)46(32)37/h1-15,17-30,38H,16H2. The zero-order valence-corrected chi connectivity index (χ0v) is 28.6. The van der Waals surface area contributed by atoms with E-state index >= 15 is 0 Å². The van der Waals surface area contributed by atoms with Crippen LogP contribution < -0.4 is 9.80 Å². The summed E-state index contributed by atoms with van der Waals surface area (Å²) >= 11 is 1.88. The van der Waals surface area contributed by atoms with E-state index in [0.29, 0.717) is 0 Å². The summed E-state index contributed by atoms with van der Waals surface area (Å²) in [5, 5.41) is 10.3. The van der Waals surface area contributed by atoms with Crippen molar-refractivity contribution in [1.29, 1.82) is 0 Å². The lowest BCUT2D eigenvalue weighted by Crippen LogP contribution is -2.14. The molecule has 2 nitrogen and oxygen atoms in total. The maximum atomic E-state index is 2.55. The fourth-order valence-corrected chi connectivity index (χ4v) is 9.85. The van der Waals surface area contributed by atoms with Gasteiger partial charge in [0.25, 0.3) is 0 Å². The molecule has 9 aromatic rings. The van der Waals surface area contributed by atoms with Crippen LogP contribution in [0.5, 0.6) is 0 Å². The first-order valence-electron chi connectivity index (χ1n) is 17.7. The predicted molar refractivity (Wildman–Crippen MR) is 220 cm³/mol. The Bertz CT molecular complexity index is 2920. The lowest BCUT2D eigenvalue weighted by Gasteiger charge is -2.30. The normalized spacial score (nSPS) is 15.2. The molecule has 0 spiro atoms. The lowest BCUT2D eigenvalue weighted by atomic mass is 9.90. The molecule has 2 heterocycles. The Morgan fingerprint density at radius 2 is 1.27 bits per heavy atom. The Morgan fingerprint density at radius 3 is 2.20 bits per heavy atom. The molecule has 0 radical (unpaired) electrons. The van der Waals surface area contributed by atoms with Crippen LogP contribution in [0.25, 0.3) is 52.5 Å². The highest BCUT2D eigenvalue weighted by Gasteiger charge is 2.38. The van der Waals surface area contributed by atoms with Gasteiger partial charge in [0.1, 0.15) is 0 Å². The topological polar surface area (TPSA) is 6.48 Å². The van der Waals surface area contributed by atoms with Gasteiger partial charge in [-0.3, -0.25) is 0 Å². The number of para-hydroxylation sites is 1. The summed E-state index contributed by atoms with van der Waals surface area (Å²) in [6, 6.07) is 58.4. The first-order chi connectivity index (χ1) is 25.3. The fraction of sp³-hybridized carbons (Fsp3) is 0.0417. The first-order valence-corrected chi connectivity index (χ1v) is 18.5. The highest BCUT2D eigenvalue weighted by molar-refractivity contribution is 7.26. The first kappa shape index (κ1) is 28.7. The van der Waals surface area contributed by atoms with Gasteiger partial charge >= 0.3 is 0 Å². The van der Waals surface area contributed by atoms with Crippen LogP contribution in [0.2, 0.25) is 0 Å². The fourth-order valence-electron chi connectivity index (χ4n) is 8.72. The summed E-state index contributed by atoms with van der Waals surface area (Å²) < 4.78 is 2.62. The van der Waals surface area contributed by atoms with Crippen LogP contribution in [0.3, 0.4) is 0 Å². The average Bonchev–Trinajstić information content (AvgIpc) is 3.75. The van der Waals surface area contributed by atoms with Crippen molar-refractivity contribution in [2.75, 3.05) is 9.80 Å². The Hall–Kier alpha value is -6.16. The van der Waals surface area contributed by atoms with Crippen molar-refractivity contribution in [3.05, 3.63) is 187 Å². The molecule has 1 aliphatic heterocycles. The van der Waals surface area contributed by atoms with Crippen molar-refractivity contribution in [3.63, 3.8) is 0 Å². The summed E-state index contributed by atoms with van der Waals surface area (Å²) in [5.41, 5.74) is 8.75. The van der Waals surface area contributed by atoms with Crippen LogP contribution in [0.4, 0.5) is 28.4 Å². The third kappa shape index (κ3) is 4.28. The van der Waals surface area contributed by atoms with Crippen LogP contribution in [-0.4, -0.2) is 0 Å². The Kier molecular flexibility index (Phi) is 6.28. The molecule has 0 bridgehead atoms. The number of hydrogen-bond acceptors (Lipinski definition) is 3. The molecule has 0 amide bonds. The number of hydrogen-bond donors (Lipinski definition) is 0. The van der Waals surface area contributed by atoms with E-state index in [1.807, 2.05) is 11.3 Å². The largest absolute Gasteiger partial charge is 0.313 e. The minimum atomic E-state index is 0.248. The van der Waals surface area contributed by atoms with Gasteiger partial charge in [0.15, 0.2) is 0 Å². The second-order valence-corrected chi connectivity index (χ2v) is 14.7. The third-order valence-electron chi connectivity index (χ3n) is 10.9. The van der Waals surface area contributed by atoms with E-state index in [1.165, 1.54) is 86.5 Å². The van der Waals surface area contributed by atoms with Crippen molar-refractivity contribution in [2.24, 2.45) is 0 Å². The number of allylic oxidation sites excluding steroid dienone is 4. The van der Waals surface area contributed by atoms with Gasteiger partial charge < -0.3 is 9.80 Å². The van der Waals surface area contributed by atoms with E-state index in [1.54, 1.807) is 0 Å². The zero-order chi connectivity index (χ0) is 33.5. The molecule has 2 aliphatic rings. The van der Waals surface area contributed by atoms with Gasteiger partial charge in [0.05, 0.1) is 17.1 Å². The average molecular weight is 669 g/mol. The number of benzene rings is 8. The molecule has 0 saturated carbocycles. The molecule has 0 N–H and O–H groups in total. The second-order valence-electron chi connectivity index (χ2n) is 13.6. The van der Waals surface area contributed by atoms with Crippen molar-refractivity contribution in [1.82, 2.24) is 0 Å². The van der Waals surface area contributed by atoms with Gasteiger partial charge in [0, 0.05) is 48.7 Å². The van der Waals surface area contributed by atoms with Crippen LogP contribution in [0.15, 0.2) is 182 Å². The van der Waals surface area contributed by atoms with E-state index in [2.05, 4.69) is 186 Å². The number of nitrogens with zero attached hydrogens (tertiary/aromatic N) is 2. The Morgan fingerprint density at radius 1 is 0.549 bits per heavy atom. The van der Waals surface area contributed by atoms with Gasteiger partial charge in [-0.05, 0) is 99.4 Å². The van der Waals surface area contributed by atoms with Gasteiger partial charge in [-0.15, -0.1) is 11.3 Å².